The molecule has 3 rings (SSSR count). The van der Waals surface area contributed by atoms with Crippen molar-refractivity contribution in [3.8, 4) is 0 Å². The molecule has 0 fully saturated rings. The zero-order valence-electron chi connectivity index (χ0n) is 14.7. The van der Waals surface area contributed by atoms with Crippen LogP contribution in [0.1, 0.15) is 35.7 Å². The molecule has 132 valence electrons. The molecule has 0 radical (unpaired) electrons. The van der Waals surface area contributed by atoms with Crippen LogP contribution >= 0.6 is 0 Å². The highest BCUT2D eigenvalue weighted by Crippen LogP contribution is 2.21. The van der Waals surface area contributed by atoms with Gasteiger partial charge < -0.3 is 10.6 Å². The molecule has 5 heteroatoms. The second-order valence-electron chi connectivity index (χ2n) is 6.27. The van der Waals surface area contributed by atoms with Crippen LogP contribution in [0.4, 0.5) is 21.6 Å². The van der Waals surface area contributed by atoms with Crippen molar-refractivity contribution in [1.29, 1.82) is 0 Å². The summed E-state index contributed by atoms with van der Waals surface area (Å²) in [5.74, 6) is -0.240. The molecule has 0 aliphatic heterocycles. The Morgan fingerprint density at radius 1 is 0.962 bits per heavy atom. The first-order valence-electron chi connectivity index (χ1n) is 8.42. The molecule has 0 atom stereocenters. The van der Waals surface area contributed by atoms with Crippen LogP contribution in [0, 0.1) is 5.82 Å². The van der Waals surface area contributed by atoms with Crippen molar-refractivity contribution >= 4 is 23.1 Å². The predicted octanol–water partition coefficient (Wildman–Crippen LogP) is 5.34. The van der Waals surface area contributed by atoms with Crippen LogP contribution in [-0.2, 0) is 0 Å². The summed E-state index contributed by atoms with van der Waals surface area (Å²) in [5, 5.41) is 5.85. The van der Waals surface area contributed by atoms with E-state index in [4.69, 9.17) is 0 Å². The molecule has 4 nitrogen and oxygen atoms in total. The second-order valence-corrected chi connectivity index (χ2v) is 6.27. The van der Waals surface area contributed by atoms with Crippen LogP contribution in [0.2, 0.25) is 0 Å². The summed E-state index contributed by atoms with van der Waals surface area (Å²) in [6, 6.07) is 17.5. The number of hydrogen-bond acceptors (Lipinski definition) is 3. The van der Waals surface area contributed by atoms with Gasteiger partial charge in [0.15, 0.2) is 0 Å². The number of pyridine rings is 1. The molecule has 0 spiro atoms. The number of nitrogens with zero attached hydrogens (tertiary/aromatic N) is 1. The van der Waals surface area contributed by atoms with E-state index in [-0.39, 0.29) is 5.56 Å². The van der Waals surface area contributed by atoms with Crippen LogP contribution in [0.5, 0.6) is 0 Å². The van der Waals surface area contributed by atoms with Crippen LogP contribution in [0.15, 0.2) is 66.9 Å². The highest BCUT2D eigenvalue weighted by Gasteiger charge is 2.11. The van der Waals surface area contributed by atoms with Gasteiger partial charge in [-0.15, -0.1) is 0 Å². The Hall–Kier alpha value is -3.21. The molecule has 3 aromatic rings. The van der Waals surface area contributed by atoms with Gasteiger partial charge in [-0.1, -0.05) is 38.1 Å². The van der Waals surface area contributed by atoms with Gasteiger partial charge >= 0.3 is 0 Å². The van der Waals surface area contributed by atoms with Crippen molar-refractivity contribution in [2.45, 2.75) is 19.8 Å². The number of nitrogens with one attached hydrogen (secondary N) is 2. The summed E-state index contributed by atoms with van der Waals surface area (Å²) in [7, 11) is 0. The molecule has 0 bridgehead atoms. The third-order valence-corrected chi connectivity index (χ3v) is 3.99. The lowest BCUT2D eigenvalue weighted by atomic mass is 10.0. The molecule has 0 unspecified atom stereocenters. The quantitative estimate of drug-likeness (QED) is 0.654. The second kappa shape index (κ2) is 7.78. The maximum atomic E-state index is 13.6. The lowest BCUT2D eigenvalue weighted by molar-refractivity contribution is 0.102. The SMILES string of the molecule is CC(C)c1ccc(Nc2ccc(NC(=O)c3ccccc3F)nc2)cc1. The minimum absolute atomic E-state index is 0.0123. The molecule has 2 aromatic carbocycles. The highest BCUT2D eigenvalue weighted by molar-refractivity contribution is 6.03. The smallest absolute Gasteiger partial charge is 0.259 e. The van der Waals surface area contributed by atoms with Gasteiger partial charge in [0.2, 0.25) is 0 Å². The Labute approximate surface area is 152 Å². The van der Waals surface area contributed by atoms with Gasteiger partial charge in [-0.3, -0.25) is 4.79 Å². The van der Waals surface area contributed by atoms with E-state index in [1.165, 1.54) is 17.7 Å². The fraction of sp³-hybridized carbons (Fsp3) is 0.143. The molecule has 26 heavy (non-hydrogen) atoms. The van der Waals surface area contributed by atoms with E-state index in [9.17, 15) is 9.18 Å². The van der Waals surface area contributed by atoms with Crippen molar-refractivity contribution < 1.29 is 9.18 Å². The van der Waals surface area contributed by atoms with Gasteiger partial charge in [-0.25, -0.2) is 9.37 Å². The van der Waals surface area contributed by atoms with Crippen LogP contribution in [-0.4, -0.2) is 10.9 Å². The number of aromatic nitrogens is 1. The molecule has 0 aliphatic rings. The average molecular weight is 349 g/mol. The Morgan fingerprint density at radius 3 is 2.27 bits per heavy atom. The van der Waals surface area contributed by atoms with E-state index < -0.39 is 11.7 Å². The monoisotopic (exact) mass is 349 g/mol. The van der Waals surface area contributed by atoms with Crippen molar-refractivity contribution in [2.24, 2.45) is 0 Å². The summed E-state index contributed by atoms with van der Waals surface area (Å²) in [6.45, 7) is 4.31. The lowest BCUT2D eigenvalue weighted by Gasteiger charge is -2.10. The number of carbonyl (C=O) groups excluding carboxylic acids is 1. The molecule has 2 N–H and O–H groups in total. The average Bonchev–Trinajstić information content (AvgIpc) is 2.64. The van der Waals surface area contributed by atoms with Gasteiger partial charge in [0.1, 0.15) is 11.6 Å². The first-order valence-corrected chi connectivity index (χ1v) is 8.42. The Kier molecular flexibility index (Phi) is 5.27. The van der Waals surface area contributed by atoms with Crippen LogP contribution < -0.4 is 10.6 Å². The largest absolute Gasteiger partial charge is 0.354 e. The van der Waals surface area contributed by atoms with E-state index >= 15 is 0 Å². The topological polar surface area (TPSA) is 54.0 Å². The molecule has 1 aromatic heterocycles. The van der Waals surface area contributed by atoms with Crippen LogP contribution in [0.3, 0.4) is 0 Å². The zero-order valence-corrected chi connectivity index (χ0v) is 14.7. The normalized spacial score (nSPS) is 10.6. The summed E-state index contributed by atoms with van der Waals surface area (Å²) >= 11 is 0. The molecule has 0 saturated carbocycles. The zero-order chi connectivity index (χ0) is 18.5. The standard InChI is InChI=1S/C21H20FN3O/c1-14(2)15-7-9-16(10-8-15)24-17-11-12-20(23-13-17)25-21(26)18-5-3-4-6-19(18)22/h3-14,24H,1-2H3,(H,23,25,26). The van der Waals surface area contributed by atoms with Crippen molar-refractivity contribution in [1.82, 2.24) is 4.98 Å². The molecule has 0 saturated heterocycles. The summed E-state index contributed by atoms with van der Waals surface area (Å²) < 4.78 is 13.6. The minimum Gasteiger partial charge on any atom is -0.354 e. The number of benzene rings is 2. The lowest BCUT2D eigenvalue weighted by Crippen LogP contribution is -2.14. The highest BCUT2D eigenvalue weighted by atomic mass is 19.1. The molecule has 0 aliphatic carbocycles. The minimum atomic E-state index is -0.562. The Morgan fingerprint density at radius 2 is 1.65 bits per heavy atom. The third kappa shape index (κ3) is 4.25. The van der Waals surface area contributed by atoms with Gasteiger partial charge in [-0.05, 0) is 47.9 Å². The van der Waals surface area contributed by atoms with Crippen LogP contribution in [0.25, 0.3) is 0 Å². The first-order chi connectivity index (χ1) is 12.5. The van der Waals surface area contributed by atoms with E-state index in [1.54, 1.807) is 30.5 Å². The van der Waals surface area contributed by atoms with Gasteiger partial charge in [0, 0.05) is 5.69 Å². The molecular weight excluding hydrogens is 329 g/mol. The van der Waals surface area contributed by atoms with E-state index in [2.05, 4.69) is 41.6 Å². The maximum absolute atomic E-state index is 13.6. The molecule has 1 amide bonds. The van der Waals surface area contributed by atoms with E-state index in [0.717, 1.165) is 11.4 Å². The fourth-order valence-corrected chi connectivity index (χ4v) is 2.49. The number of amides is 1. The third-order valence-electron chi connectivity index (χ3n) is 3.99. The molecule has 1 heterocycles. The van der Waals surface area contributed by atoms with Crippen molar-refractivity contribution in [3.05, 3.63) is 83.8 Å². The Balaban J connectivity index is 1.65. The fourth-order valence-electron chi connectivity index (χ4n) is 2.49. The van der Waals surface area contributed by atoms with Gasteiger partial charge in [0.05, 0.1) is 17.4 Å². The maximum Gasteiger partial charge on any atom is 0.259 e. The first kappa shape index (κ1) is 17.6. The van der Waals surface area contributed by atoms with Gasteiger partial charge in [0.25, 0.3) is 5.91 Å². The predicted molar refractivity (Wildman–Crippen MR) is 102 cm³/mol. The van der Waals surface area contributed by atoms with Crippen molar-refractivity contribution in [2.75, 3.05) is 10.6 Å². The number of hydrogen-bond donors (Lipinski definition) is 2. The number of carbonyl (C=O) groups is 1. The summed E-state index contributed by atoms with van der Waals surface area (Å²) in [5.41, 5.74) is 3.02. The molecular formula is C21H20FN3O. The summed E-state index contributed by atoms with van der Waals surface area (Å²) in [6.07, 6.45) is 1.62. The van der Waals surface area contributed by atoms with E-state index in [1.807, 2.05) is 12.1 Å². The van der Waals surface area contributed by atoms with E-state index in [0.29, 0.717) is 11.7 Å². The number of anilines is 3. The number of halogens is 1. The van der Waals surface area contributed by atoms with Crippen molar-refractivity contribution in [3.63, 3.8) is 0 Å². The van der Waals surface area contributed by atoms with Gasteiger partial charge in [-0.2, -0.15) is 0 Å². The number of rotatable bonds is 5. The summed E-state index contributed by atoms with van der Waals surface area (Å²) in [4.78, 5) is 16.3. The Bertz CT molecular complexity index is 890.